The zero-order chi connectivity index (χ0) is 29.8. The second kappa shape index (κ2) is 19.1. The van der Waals surface area contributed by atoms with Crippen molar-refractivity contribution in [3.8, 4) is 11.8 Å². The number of carbonyl (C=O) groups excluding carboxylic acids is 1. The molecule has 0 radical (unpaired) electrons. The smallest absolute Gasteiger partial charge is 0.305 e. The Labute approximate surface area is 250 Å². The largest absolute Gasteiger partial charge is 0.469 e. The molecule has 4 heteroatoms. The summed E-state index contributed by atoms with van der Waals surface area (Å²) in [6.45, 7) is 9.07. The number of allylic oxidation sites excluding steroid dienone is 5. The van der Waals surface area contributed by atoms with Crippen LogP contribution in [0, 0.1) is 11.8 Å². The van der Waals surface area contributed by atoms with E-state index in [-0.39, 0.29) is 17.1 Å². The molecule has 220 valence electrons. The minimum absolute atomic E-state index is 0.134. The second-order valence-electron chi connectivity index (χ2n) is 11.3. The minimum atomic E-state index is -2.74. The molecule has 0 bridgehead atoms. The molecule has 2 rings (SSSR count). The number of methoxy groups -OCH3 is 1. The van der Waals surface area contributed by atoms with Gasteiger partial charge in [-0.1, -0.05) is 137 Å². The van der Waals surface area contributed by atoms with Crippen LogP contribution in [0.1, 0.15) is 85.5 Å². The highest BCUT2D eigenvalue weighted by Crippen LogP contribution is 2.38. The van der Waals surface area contributed by atoms with Gasteiger partial charge in [0, 0.05) is 12.8 Å². The van der Waals surface area contributed by atoms with E-state index in [1.54, 1.807) is 0 Å². The van der Waals surface area contributed by atoms with Gasteiger partial charge in [0.15, 0.2) is 0 Å². The Balaban J connectivity index is 2.23. The number of benzene rings is 2. The van der Waals surface area contributed by atoms with Crippen molar-refractivity contribution in [2.24, 2.45) is 0 Å². The monoisotopic (exact) mass is 570 g/mol. The first-order valence-electron chi connectivity index (χ1n) is 15.2. The van der Waals surface area contributed by atoms with Gasteiger partial charge in [-0.2, -0.15) is 0 Å². The molecule has 0 saturated heterocycles. The lowest BCUT2D eigenvalue weighted by atomic mass is 10.1. The van der Waals surface area contributed by atoms with Crippen molar-refractivity contribution in [2.45, 2.75) is 96.6 Å². The van der Waals surface area contributed by atoms with E-state index < -0.39 is 8.32 Å². The van der Waals surface area contributed by atoms with Crippen molar-refractivity contribution < 1.29 is 14.0 Å². The summed E-state index contributed by atoms with van der Waals surface area (Å²) in [5.41, 5.74) is 0. The summed E-state index contributed by atoms with van der Waals surface area (Å²) in [6.07, 6.45) is 21.1. The van der Waals surface area contributed by atoms with Crippen molar-refractivity contribution in [3.63, 3.8) is 0 Å². The number of hydrogen-bond acceptors (Lipinski definition) is 3. The third-order valence-electron chi connectivity index (χ3n) is 7.14. The van der Waals surface area contributed by atoms with Gasteiger partial charge in [-0.15, -0.1) is 0 Å². The Morgan fingerprint density at radius 2 is 1.54 bits per heavy atom. The summed E-state index contributed by atoms with van der Waals surface area (Å²) in [5.74, 6) is 6.24. The summed E-state index contributed by atoms with van der Waals surface area (Å²) < 4.78 is 12.2. The first-order valence-corrected chi connectivity index (χ1v) is 17.1. The first-order chi connectivity index (χ1) is 19.8. The maximum Gasteiger partial charge on any atom is 0.305 e. The molecule has 0 N–H and O–H groups in total. The highest BCUT2D eigenvalue weighted by atomic mass is 28.4. The maximum atomic E-state index is 11.9. The predicted molar refractivity (Wildman–Crippen MR) is 177 cm³/mol. The van der Waals surface area contributed by atoms with Crippen LogP contribution in [0.4, 0.5) is 0 Å². The standard InChI is InChI=1S/C37H50O3Si/c1-6-7-8-9-10-11-12-13-14-15-16-17-20-26-33(27-25-32-36(38)39-5)40-41(37(2,3)4,34-28-21-18-22-29-34)35-30-23-19-24-31-35/h10-11,13-14,18-24,26,28-31,33H,6-9,12,15,25,27,32H2,1-5H3/b11-10-,14-13-,26-20+/t33-/m1/s1. The predicted octanol–water partition coefficient (Wildman–Crippen LogP) is 8.31. The van der Waals surface area contributed by atoms with Gasteiger partial charge in [0.1, 0.15) is 0 Å². The van der Waals surface area contributed by atoms with Crippen molar-refractivity contribution in [3.05, 3.63) is 97.1 Å². The Hall–Kier alpha value is -3.13. The number of hydrogen-bond donors (Lipinski definition) is 0. The molecule has 0 unspecified atom stereocenters. The molecule has 2 aromatic rings. The molecule has 0 aromatic heterocycles. The molecule has 0 aliphatic rings. The number of ether oxygens (including phenoxy) is 1. The van der Waals surface area contributed by atoms with Gasteiger partial charge in [-0.05, 0) is 59.7 Å². The first kappa shape index (κ1) is 34.1. The van der Waals surface area contributed by atoms with Gasteiger partial charge in [-0.25, -0.2) is 0 Å². The average molecular weight is 571 g/mol. The van der Waals surface area contributed by atoms with Gasteiger partial charge in [-0.3, -0.25) is 4.79 Å². The number of rotatable bonds is 16. The zero-order valence-corrected chi connectivity index (χ0v) is 26.9. The molecule has 0 aliphatic carbocycles. The van der Waals surface area contributed by atoms with E-state index in [0.29, 0.717) is 19.3 Å². The molecule has 0 amide bonds. The fourth-order valence-electron chi connectivity index (χ4n) is 4.98. The molecule has 1 atom stereocenters. The minimum Gasteiger partial charge on any atom is -0.469 e. The van der Waals surface area contributed by atoms with E-state index in [1.165, 1.54) is 43.2 Å². The van der Waals surface area contributed by atoms with Gasteiger partial charge in [0.2, 0.25) is 0 Å². The lowest BCUT2D eigenvalue weighted by molar-refractivity contribution is -0.140. The summed E-state index contributed by atoms with van der Waals surface area (Å²) in [7, 11) is -1.30. The third kappa shape index (κ3) is 11.7. The van der Waals surface area contributed by atoms with E-state index in [4.69, 9.17) is 9.16 Å². The summed E-state index contributed by atoms with van der Waals surface area (Å²) in [4.78, 5) is 11.9. The average Bonchev–Trinajstić information content (AvgIpc) is 2.98. The Morgan fingerprint density at radius 3 is 2.12 bits per heavy atom. The Kier molecular flexibility index (Phi) is 15.8. The molecule has 2 aromatic carbocycles. The van der Waals surface area contributed by atoms with E-state index in [2.05, 4.69) is 131 Å². The van der Waals surface area contributed by atoms with Crippen LogP contribution in [0.25, 0.3) is 0 Å². The van der Waals surface area contributed by atoms with Crippen LogP contribution < -0.4 is 10.4 Å². The van der Waals surface area contributed by atoms with Crippen LogP contribution in [0.3, 0.4) is 0 Å². The summed E-state index contributed by atoms with van der Waals surface area (Å²) >= 11 is 0. The van der Waals surface area contributed by atoms with Gasteiger partial charge < -0.3 is 9.16 Å². The number of esters is 1. The van der Waals surface area contributed by atoms with E-state index in [9.17, 15) is 4.79 Å². The van der Waals surface area contributed by atoms with E-state index in [1.807, 2.05) is 6.08 Å². The fourth-order valence-corrected chi connectivity index (χ4v) is 9.64. The van der Waals surface area contributed by atoms with Crippen LogP contribution >= 0.6 is 0 Å². The van der Waals surface area contributed by atoms with Crippen molar-refractivity contribution in [1.29, 1.82) is 0 Å². The van der Waals surface area contributed by atoms with Crippen LogP contribution in [0.5, 0.6) is 0 Å². The van der Waals surface area contributed by atoms with Gasteiger partial charge in [0.25, 0.3) is 8.32 Å². The molecular weight excluding hydrogens is 520 g/mol. The van der Waals surface area contributed by atoms with Crippen molar-refractivity contribution in [2.75, 3.05) is 7.11 Å². The van der Waals surface area contributed by atoms with Crippen LogP contribution in [0.2, 0.25) is 5.04 Å². The molecule has 0 heterocycles. The van der Waals surface area contributed by atoms with Crippen LogP contribution in [-0.4, -0.2) is 27.5 Å². The molecule has 0 saturated carbocycles. The number of carbonyl (C=O) groups is 1. The zero-order valence-electron chi connectivity index (χ0n) is 25.9. The Morgan fingerprint density at radius 1 is 0.902 bits per heavy atom. The van der Waals surface area contributed by atoms with E-state index in [0.717, 1.165) is 12.8 Å². The normalized spacial score (nSPS) is 13.0. The highest BCUT2D eigenvalue weighted by molar-refractivity contribution is 6.99. The highest BCUT2D eigenvalue weighted by Gasteiger charge is 2.51. The molecule has 0 fully saturated rings. The lowest BCUT2D eigenvalue weighted by Crippen LogP contribution is -2.67. The van der Waals surface area contributed by atoms with Crippen molar-refractivity contribution in [1.82, 2.24) is 0 Å². The Bertz CT molecular complexity index is 1110. The molecule has 0 spiro atoms. The van der Waals surface area contributed by atoms with Crippen LogP contribution in [0.15, 0.2) is 97.1 Å². The topological polar surface area (TPSA) is 35.5 Å². The molecule has 0 aliphatic heterocycles. The summed E-state index contributed by atoms with van der Waals surface area (Å²) in [5, 5.41) is 2.34. The van der Waals surface area contributed by atoms with E-state index >= 15 is 0 Å². The third-order valence-corrected chi connectivity index (χ3v) is 12.2. The molecule has 3 nitrogen and oxygen atoms in total. The summed E-state index contributed by atoms with van der Waals surface area (Å²) in [6, 6.07) is 21.3. The SMILES string of the molecule is CCCCC/C=C\C/C=C\CC#C/C=C/[C@H](CCCC(=O)OC)O[Si](c1ccccc1)(c1ccccc1)C(C)(C)C. The maximum absolute atomic E-state index is 11.9. The fraction of sp³-hybridized carbons (Fsp3) is 0.432. The number of unbranched alkanes of at least 4 members (excludes halogenated alkanes) is 3. The molecular formula is C37H50O3Si. The van der Waals surface area contributed by atoms with Crippen LogP contribution in [-0.2, 0) is 14.0 Å². The quantitative estimate of drug-likeness (QED) is 0.0669. The molecule has 41 heavy (non-hydrogen) atoms. The second-order valence-corrected chi connectivity index (χ2v) is 15.6. The van der Waals surface area contributed by atoms with Gasteiger partial charge >= 0.3 is 5.97 Å². The van der Waals surface area contributed by atoms with Gasteiger partial charge in [0.05, 0.1) is 13.2 Å². The van der Waals surface area contributed by atoms with Crippen molar-refractivity contribution >= 4 is 24.7 Å². The lowest BCUT2D eigenvalue weighted by Gasteiger charge is -2.44.